The highest BCUT2D eigenvalue weighted by atomic mass is 19.1. The zero-order chi connectivity index (χ0) is 22.7. The summed E-state index contributed by atoms with van der Waals surface area (Å²) in [5, 5.41) is 20.3. The maximum absolute atomic E-state index is 13.8. The number of carbonyl (C=O) groups is 1. The average molecular weight is 419 g/mol. The maximum Gasteiger partial charge on any atom is 0.308 e. The summed E-state index contributed by atoms with van der Waals surface area (Å²) in [5.74, 6) is -0.730. The van der Waals surface area contributed by atoms with Gasteiger partial charge in [0.15, 0.2) is 0 Å². The fourth-order valence-electron chi connectivity index (χ4n) is 4.68. The van der Waals surface area contributed by atoms with Gasteiger partial charge in [-0.3, -0.25) is 4.79 Å². The lowest BCUT2D eigenvalue weighted by Gasteiger charge is -2.43. The summed E-state index contributed by atoms with van der Waals surface area (Å²) >= 11 is 0. The van der Waals surface area contributed by atoms with Crippen molar-refractivity contribution in [2.24, 2.45) is 10.8 Å². The molecule has 5 heteroatoms. The van der Waals surface area contributed by atoms with Crippen molar-refractivity contribution in [1.29, 1.82) is 0 Å². The monoisotopic (exact) mass is 418 g/mol. The van der Waals surface area contributed by atoms with Crippen LogP contribution in [0.4, 0.5) is 4.39 Å². The molecule has 1 aliphatic carbocycles. The van der Waals surface area contributed by atoms with Gasteiger partial charge in [-0.15, -0.1) is 0 Å². The van der Waals surface area contributed by atoms with Gasteiger partial charge in [-0.1, -0.05) is 45.9 Å². The van der Waals surface area contributed by atoms with Gasteiger partial charge in [-0.25, -0.2) is 4.39 Å². The third kappa shape index (κ3) is 6.26. The maximum atomic E-state index is 13.8. The molecule has 0 saturated heterocycles. The predicted molar refractivity (Wildman–Crippen MR) is 117 cm³/mol. The van der Waals surface area contributed by atoms with Gasteiger partial charge in [0.2, 0.25) is 0 Å². The van der Waals surface area contributed by atoms with E-state index in [0.29, 0.717) is 5.56 Å². The van der Waals surface area contributed by atoms with E-state index < -0.39 is 18.2 Å². The second kappa shape index (κ2) is 9.44. The van der Waals surface area contributed by atoms with E-state index in [9.17, 15) is 19.4 Å². The molecule has 166 valence electrons. The number of carbonyl (C=O) groups excluding carboxylic acids is 1. The fourth-order valence-corrected chi connectivity index (χ4v) is 4.68. The first-order valence-electron chi connectivity index (χ1n) is 10.5. The van der Waals surface area contributed by atoms with Crippen LogP contribution in [0.15, 0.2) is 35.9 Å². The second-order valence-corrected chi connectivity index (χ2v) is 9.85. The molecule has 1 aromatic rings. The zero-order valence-corrected chi connectivity index (χ0v) is 19.0. The molecule has 4 nitrogen and oxygen atoms in total. The summed E-state index contributed by atoms with van der Waals surface area (Å²) in [6, 6.07) is 5.21. The van der Waals surface area contributed by atoms with Crippen LogP contribution in [0.25, 0.3) is 5.57 Å². The van der Waals surface area contributed by atoms with Crippen LogP contribution in [0.1, 0.15) is 64.5 Å². The summed E-state index contributed by atoms with van der Waals surface area (Å²) in [4.78, 5) is 11.3. The Morgan fingerprint density at radius 3 is 2.53 bits per heavy atom. The number of ether oxygens (including phenoxy) is 1. The number of methoxy groups -OCH3 is 1. The van der Waals surface area contributed by atoms with Crippen LogP contribution >= 0.6 is 0 Å². The van der Waals surface area contributed by atoms with Crippen molar-refractivity contribution < 1.29 is 24.1 Å². The first-order valence-corrected chi connectivity index (χ1v) is 10.5. The third-order valence-corrected chi connectivity index (χ3v) is 5.77. The molecule has 0 aromatic heterocycles. The molecule has 30 heavy (non-hydrogen) atoms. The number of hydrogen-bond acceptors (Lipinski definition) is 4. The highest BCUT2D eigenvalue weighted by Gasteiger charge is 2.38. The lowest BCUT2D eigenvalue weighted by atomic mass is 9.61. The Morgan fingerprint density at radius 1 is 1.27 bits per heavy atom. The van der Waals surface area contributed by atoms with Gasteiger partial charge < -0.3 is 14.9 Å². The summed E-state index contributed by atoms with van der Waals surface area (Å²) in [6.45, 7) is 10.6. The first kappa shape index (κ1) is 24.3. The van der Waals surface area contributed by atoms with Crippen molar-refractivity contribution in [3.05, 3.63) is 52.9 Å². The van der Waals surface area contributed by atoms with Crippen LogP contribution in [0.3, 0.4) is 0 Å². The van der Waals surface area contributed by atoms with Crippen molar-refractivity contribution in [3.63, 3.8) is 0 Å². The van der Waals surface area contributed by atoms with Gasteiger partial charge in [-0.2, -0.15) is 0 Å². The standard InChI is InChI=1S/C25H35FO4/c1-16-11-17(7-10-22(16)26)20-14-24(2,3)15-25(4,5)21(20)9-8-18(27)12-19(28)13-23(29)30-6/h7-11,18-19,27-28H,12-15H2,1-6H3/t18-,19-/m1/s1. The minimum absolute atomic E-state index is 0.0514. The van der Waals surface area contributed by atoms with E-state index in [0.717, 1.165) is 29.6 Å². The van der Waals surface area contributed by atoms with Crippen LogP contribution in [0.2, 0.25) is 0 Å². The largest absolute Gasteiger partial charge is 0.469 e. The van der Waals surface area contributed by atoms with Crippen molar-refractivity contribution >= 4 is 11.5 Å². The van der Waals surface area contributed by atoms with Crippen LogP contribution in [0, 0.1) is 23.6 Å². The predicted octanol–water partition coefficient (Wildman–Crippen LogP) is 4.97. The molecule has 0 saturated carbocycles. The van der Waals surface area contributed by atoms with E-state index in [4.69, 9.17) is 0 Å². The Kier molecular flexibility index (Phi) is 7.64. The quantitative estimate of drug-likeness (QED) is 0.614. The number of hydrogen-bond donors (Lipinski definition) is 2. The van der Waals surface area contributed by atoms with Crippen LogP contribution < -0.4 is 0 Å². The van der Waals surface area contributed by atoms with Crippen molar-refractivity contribution in [1.82, 2.24) is 0 Å². The first-order chi connectivity index (χ1) is 13.8. The minimum Gasteiger partial charge on any atom is -0.469 e. The Morgan fingerprint density at radius 2 is 1.93 bits per heavy atom. The molecule has 2 N–H and O–H groups in total. The third-order valence-electron chi connectivity index (χ3n) is 5.77. The Labute approximate surface area is 179 Å². The van der Waals surface area contributed by atoms with E-state index in [2.05, 4.69) is 32.4 Å². The fraction of sp³-hybridized carbons (Fsp3) is 0.560. The summed E-state index contributed by atoms with van der Waals surface area (Å²) in [7, 11) is 1.27. The number of aliphatic hydroxyl groups excluding tert-OH is 2. The molecule has 1 aromatic carbocycles. The molecule has 0 spiro atoms. The molecule has 0 amide bonds. The molecule has 0 fully saturated rings. The van der Waals surface area contributed by atoms with Crippen LogP contribution in [0.5, 0.6) is 0 Å². The zero-order valence-electron chi connectivity index (χ0n) is 19.0. The number of aliphatic hydroxyl groups is 2. The average Bonchev–Trinajstić information content (AvgIpc) is 2.60. The van der Waals surface area contributed by atoms with Gasteiger partial charge in [0.05, 0.1) is 25.7 Å². The molecule has 0 bridgehead atoms. The van der Waals surface area contributed by atoms with E-state index >= 15 is 0 Å². The molecule has 1 aliphatic rings. The van der Waals surface area contributed by atoms with Crippen LogP contribution in [-0.2, 0) is 9.53 Å². The van der Waals surface area contributed by atoms with E-state index in [1.165, 1.54) is 13.2 Å². The molecule has 0 heterocycles. The molecular formula is C25H35FO4. The normalized spacial score (nSPS) is 20.3. The molecule has 2 atom stereocenters. The number of aryl methyl sites for hydroxylation is 1. The highest BCUT2D eigenvalue weighted by molar-refractivity contribution is 5.74. The summed E-state index contributed by atoms with van der Waals surface area (Å²) < 4.78 is 18.4. The number of benzene rings is 1. The van der Waals surface area contributed by atoms with Crippen molar-refractivity contribution in [2.75, 3.05) is 7.11 Å². The molecule has 2 rings (SSSR count). The number of esters is 1. The lowest BCUT2D eigenvalue weighted by molar-refractivity contribution is -0.143. The highest BCUT2D eigenvalue weighted by Crippen LogP contribution is 2.52. The van der Waals surface area contributed by atoms with Crippen molar-refractivity contribution in [3.8, 4) is 0 Å². The van der Waals surface area contributed by atoms with Gasteiger partial charge in [-0.05, 0) is 65.0 Å². The lowest BCUT2D eigenvalue weighted by Crippen LogP contribution is -2.30. The van der Waals surface area contributed by atoms with Gasteiger partial charge in [0, 0.05) is 6.42 Å². The van der Waals surface area contributed by atoms with Crippen molar-refractivity contribution in [2.45, 2.75) is 72.5 Å². The van der Waals surface area contributed by atoms with Crippen LogP contribution in [-0.4, -0.2) is 35.5 Å². The number of halogens is 1. The summed E-state index contributed by atoms with van der Waals surface area (Å²) in [5.41, 5.74) is 3.81. The van der Waals surface area contributed by atoms with Gasteiger partial charge in [0.1, 0.15) is 5.82 Å². The minimum atomic E-state index is -0.969. The topological polar surface area (TPSA) is 66.8 Å². The Balaban J connectivity index is 2.37. The molecular weight excluding hydrogens is 383 g/mol. The summed E-state index contributed by atoms with van der Waals surface area (Å²) in [6.07, 6.45) is 3.47. The van der Waals surface area contributed by atoms with E-state index in [1.54, 1.807) is 13.0 Å². The van der Waals surface area contributed by atoms with E-state index in [1.807, 2.05) is 18.2 Å². The smallest absolute Gasteiger partial charge is 0.308 e. The molecule has 0 radical (unpaired) electrons. The molecule has 0 unspecified atom stereocenters. The van der Waals surface area contributed by atoms with Gasteiger partial charge in [0.25, 0.3) is 0 Å². The molecule has 0 aliphatic heterocycles. The van der Waals surface area contributed by atoms with E-state index in [-0.39, 0.29) is 29.5 Å². The number of rotatable bonds is 7. The Bertz CT molecular complexity index is 836. The second-order valence-electron chi connectivity index (χ2n) is 9.85. The van der Waals surface area contributed by atoms with Gasteiger partial charge >= 0.3 is 5.97 Å². The number of allylic oxidation sites excluding steroid dienone is 3. The SMILES string of the molecule is COC(=O)C[C@H](O)C[C@H](O)C=CC1=C(c2ccc(F)c(C)c2)CC(C)(C)CC1(C)C. The Hall–Kier alpha value is -1.98.